The van der Waals surface area contributed by atoms with Crippen molar-refractivity contribution in [2.45, 2.75) is 13.8 Å². The Morgan fingerprint density at radius 3 is 2.06 bits per heavy atom. The molecule has 0 heterocycles. The van der Waals surface area contributed by atoms with Gasteiger partial charge in [0.25, 0.3) is 5.69 Å². The number of hydrogen-bond acceptors (Lipinski definition) is 9. The van der Waals surface area contributed by atoms with Crippen molar-refractivity contribution in [1.29, 1.82) is 0 Å². The van der Waals surface area contributed by atoms with Crippen LogP contribution < -0.4 is 4.90 Å². The molecule has 0 saturated heterocycles. The molecule has 0 saturated carbocycles. The highest BCUT2D eigenvalue weighted by Gasteiger charge is 2.10. The Morgan fingerprint density at radius 1 is 1.00 bits per heavy atom. The van der Waals surface area contributed by atoms with E-state index < -0.39 is 4.92 Å². The first-order chi connectivity index (χ1) is 14.8. The van der Waals surface area contributed by atoms with E-state index in [2.05, 4.69) is 10.2 Å². The lowest BCUT2D eigenvalue weighted by molar-refractivity contribution is -0.384. The molecule has 2 aromatic rings. The number of hydrogen-bond donors (Lipinski definition) is 0. The van der Waals surface area contributed by atoms with E-state index in [1.807, 2.05) is 4.90 Å². The normalized spacial score (nSPS) is 10.7. The van der Waals surface area contributed by atoms with Gasteiger partial charge in [0.05, 0.1) is 28.7 Å². The molecule has 0 bridgehead atoms. The lowest BCUT2D eigenvalue weighted by atomic mass is 10.2. The van der Waals surface area contributed by atoms with E-state index in [1.165, 1.54) is 32.0 Å². The smallest absolute Gasteiger partial charge is 0.302 e. The molecule has 11 heteroatoms. The number of rotatable bonds is 10. The van der Waals surface area contributed by atoms with Crippen LogP contribution in [0.3, 0.4) is 0 Å². The van der Waals surface area contributed by atoms with Crippen LogP contribution in [0.25, 0.3) is 0 Å². The lowest BCUT2D eigenvalue weighted by Gasteiger charge is -2.24. The Balaban J connectivity index is 2.08. The standard InChI is InChI=1S/C20H21ClN4O6/c1-14(26)30-11-9-24(10-12-31-15(2)27)17-5-3-16(4-6-17)22-23-20-8-7-18(25(28)29)13-19(20)21/h3-8,13H,9-12H2,1-2H3. The van der Waals surface area contributed by atoms with Crippen molar-refractivity contribution in [2.24, 2.45) is 10.2 Å². The number of carbonyl (C=O) groups excluding carboxylic acids is 2. The largest absolute Gasteiger partial charge is 0.464 e. The third kappa shape index (κ3) is 8.01. The molecule has 0 aromatic heterocycles. The fraction of sp³-hybridized carbons (Fsp3) is 0.300. The summed E-state index contributed by atoms with van der Waals surface area (Å²) >= 11 is 6.01. The lowest BCUT2D eigenvalue weighted by Crippen LogP contribution is -2.31. The number of nitro groups is 1. The Labute approximate surface area is 183 Å². The van der Waals surface area contributed by atoms with Gasteiger partial charge in [-0.1, -0.05) is 11.6 Å². The average molecular weight is 449 g/mol. The first-order valence-electron chi connectivity index (χ1n) is 9.23. The molecule has 0 N–H and O–H groups in total. The molecule has 10 nitrogen and oxygen atoms in total. The number of halogens is 1. The molecule has 0 fully saturated rings. The Bertz CT molecular complexity index is 945. The summed E-state index contributed by atoms with van der Waals surface area (Å²) in [5, 5.41) is 19.0. The molecular weight excluding hydrogens is 428 g/mol. The van der Waals surface area contributed by atoms with Gasteiger partial charge in [0.2, 0.25) is 0 Å². The van der Waals surface area contributed by atoms with Crippen LogP contribution in [0.5, 0.6) is 0 Å². The van der Waals surface area contributed by atoms with Crippen molar-refractivity contribution in [3.63, 3.8) is 0 Å². The van der Waals surface area contributed by atoms with Crippen molar-refractivity contribution < 1.29 is 24.0 Å². The van der Waals surface area contributed by atoms with Crippen molar-refractivity contribution in [2.75, 3.05) is 31.2 Å². The summed E-state index contributed by atoms with van der Waals surface area (Å²) in [6.45, 7) is 3.88. The zero-order valence-corrected chi connectivity index (χ0v) is 17.7. The molecule has 164 valence electrons. The van der Waals surface area contributed by atoms with Gasteiger partial charge in [-0.25, -0.2) is 0 Å². The minimum Gasteiger partial charge on any atom is -0.464 e. The molecule has 0 unspecified atom stereocenters. The highest BCUT2D eigenvalue weighted by molar-refractivity contribution is 6.33. The van der Waals surface area contributed by atoms with Gasteiger partial charge in [-0.3, -0.25) is 19.7 Å². The van der Waals surface area contributed by atoms with Crippen LogP contribution >= 0.6 is 11.6 Å². The average Bonchev–Trinajstić information content (AvgIpc) is 2.71. The summed E-state index contributed by atoms with van der Waals surface area (Å²) < 4.78 is 9.98. The van der Waals surface area contributed by atoms with Crippen LogP contribution in [0.2, 0.25) is 5.02 Å². The SMILES string of the molecule is CC(=O)OCCN(CCOC(C)=O)c1ccc(N=Nc2ccc([N+](=O)[O-])cc2Cl)cc1. The van der Waals surface area contributed by atoms with E-state index >= 15 is 0 Å². The van der Waals surface area contributed by atoms with Crippen molar-refractivity contribution >= 4 is 46.3 Å². The predicted octanol–water partition coefficient (Wildman–Crippen LogP) is 4.60. The molecule has 0 spiro atoms. The summed E-state index contributed by atoms with van der Waals surface area (Å²) in [7, 11) is 0. The highest BCUT2D eigenvalue weighted by atomic mass is 35.5. The second kappa shape index (κ2) is 11.6. The number of ether oxygens (including phenoxy) is 2. The fourth-order valence-electron chi connectivity index (χ4n) is 2.50. The third-order valence-corrected chi connectivity index (χ3v) is 4.27. The molecule has 0 aliphatic rings. The van der Waals surface area contributed by atoms with Gasteiger partial charge in [-0.05, 0) is 30.3 Å². The van der Waals surface area contributed by atoms with Crippen LogP contribution in [-0.4, -0.2) is 43.2 Å². The van der Waals surface area contributed by atoms with E-state index in [4.69, 9.17) is 21.1 Å². The maximum absolute atomic E-state index is 11.0. The molecular formula is C20H21ClN4O6. The number of nitrogens with zero attached hydrogens (tertiary/aromatic N) is 4. The van der Waals surface area contributed by atoms with E-state index in [9.17, 15) is 19.7 Å². The van der Waals surface area contributed by atoms with Gasteiger partial charge in [0.15, 0.2) is 0 Å². The van der Waals surface area contributed by atoms with Gasteiger partial charge < -0.3 is 14.4 Å². The second-order valence-electron chi connectivity index (χ2n) is 6.28. The summed E-state index contributed by atoms with van der Waals surface area (Å²) in [4.78, 5) is 34.1. The van der Waals surface area contributed by atoms with Gasteiger partial charge in [0, 0.05) is 31.7 Å². The summed E-state index contributed by atoms with van der Waals surface area (Å²) in [5.74, 6) is -0.749. The number of non-ortho nitro benzene ring substituents is 1. The summed E-state index contributed by atoms with van der Waals surface area (Å²) in [6, 6.07) is 11.0. The number of esters is 2. The van der Waals surface area contributed by atoms with E-state index in [1.54, 1.807) is 24.3 Å². The van der Waals surface area contributed by atoms with Crippen molar-refractivity contribution in [3.05, 3.63) is 57.6 Å². The molecule has 0 aliphatic heterocycles. The predicted molar refractivity (Wildman–Crippen MR) is 114 cm³/mol. The highest BCUT2D eigenvalue weighted by Crippen LogP contribution is 2.30. The molecule has 2 rings (SSSR count). The van der Waals surface area contributed by atoms with Crippen LogP contribution in [0.15, 0.2) is 52.7 Å². The Kier molecular flexibility index (Phi) is 8.89. The maximum Gasteiger partial charge on any atom is 0.302 e. The zero-order chi connectivity index (χ0) is 22.8. The van der Waals surface area contributed by atoms with Gasteiger partial charge in [0.1, 0.15) is 18.9 Å². The number of nitro benzene ring substituents is 1. The first kappa shape index (κ1) is 23.7. The Morgan fingerprint density at radius 2 is 1.58 bits per heavy atom. The summed E-state index contributed by atoms with van der Waals surface area (Å²) in [5.41, 5.74) is 1.53. The van der Waals surface area contributed by atoms with E-state index in [0.717, 1.165) is 5.69 Å². The monoisotopic (exact) mass is 448 g/mol. The number of benzene rings is 2. The zero-order valence-electron chi connectivity index (χ0n) is 17.0. The van der Waals surface area contributed by atoms with Crippen molar-refractivity contribution in [3.8, 4) is 0 Å². The van der Waals surface area contributed by atoms with E-state index in [-0.39, 0.29) is 35.9 Å². The van der Waals surface area contributed by atoms with Crippen LogP contribution in [0.4, 0.5) is 22.7 Å². The van der Waals surface area contributed by atoms with Gasteiger partial charge >= 0.3 is 11.9 Å². The topological polar surface area (TPSA) is 124 Å². The fourth-order valence-corrected chi connectivity index (χ4v) is 2.71. The summed E-state index contributed by atoms with van der Waals surface area (Å²) in [6.07, 6.45) is 0. The molecule has 0 amide bonds. The third-order valence-electron chi connectivity index (χ3n) is 3.96. The van der Waals surface area contributed by atoms with Gasteiger partial charge in [-0.15, -0.1) is 5.11 Å². The maximum atomic E-state index is 11.0. The number of anilines is 1. The van der Waals surface area contributed by atoms with Gasteiger partial charge in [-0.2, -0.15) is 5.11 Å². The first-order valence-corrected chi connectivity index (χ1v) is 9.61. The number of azo groups is 1. The molecule has 0 radical (unpaired) electrons. The van der Waals surface area contributed by atoms with Crippen LogP contribution in [0.1, 0.15) is 13.8 Å². The minimum atomic E-state index is -0.541. The van der Waals surface area contributed by atoms with Crippen molar-refractivity contribution in [1.82, 2.24) is 0 Å². The molecule has 0 atom stereocenters. The Hall–Kier alpha value is -3.53. The van der Waals surface area contributed by atoms with Crippen LogP contribution in [-0.2, 0) is 19.1 Å². The minimum absolute atomic E-state index is 0.122. The number of carbonyl (C=O) groups is 2. The van der Waals surface area contributed by atoms with Crippen LogP contribution in [0, 0.1) is 10.1 Å². The molecule has 2 aromatic carbocycles. The van der Waals surface area contributed by atoms with E-state index in [0.29, 0.717) is 24.5 Å². The second-order valence-corrected chi connectivity index (χ2v) is 6.68. The molecule has 0 aliphatic carbocycles. The molecule has 31 heavy (non-hydrogen) atoms. The quantitative estimate of drug-likeness (QED) is 0.225.